The summed E-state index contributed by atoms with van der Waals surface area (Å²) in [4.78, 5) is 12.3. The van der Waals surface area contributed by atoms with E-state index in [1.165, 1.54) is 78.0 Å². The molecule has 30 heavy (non-hydrogen) atoms. The lowest BCUT2D eigenvalue weighted by atomic mass is 10.0. The van der Waals surface area contributed by atoms with E-state index in [1.807, 2.05) is 7.05 Å². The van der Waals surface area contributed by atoms with Crippen LogP contribution in [0.25, 0.3) is 0 Å². The van der Waals surface area contributed by atoms with E-state index in [9.17, 15) is 0 Å². The van der Waals surface area contributed by atoms with Crippen molar-refractivity contribution in [3.8, 4) is 0 Å². The van der Waals surface area contributed by atoms with Crippen LogP contribution >= 0.6 is 24.0 Å². The Kier molecular flexibility index (Phi) is 14.6. The molecule has 0 radical (unpaired) electrons. The van der Waals surface area contributed by atoms with Crippen LogP contribution in [-0.2, 0) is 0 Å². The van der Waals surface area contributed by atoms with Gasteiger partial charge >= 0.3 is 0 Å². The van der Waals surface area contributed by atoms with E-state index in [1.54, 1.807) is 0 Å². The molecule has 0 aliphatic carbocycles. The fourth-order valence-corrected chi connectivity index (χ4v) is 4.70. The van der Waals surface area contributed by atoms with Gasteiger partial charge in [-0.05, 0) is 44.3 Å². The minimum atomic E-state index is 0. The second-order valence-electron chi connectivity index (χ2n) is 9.44. The highest BCUT2D eigenvalue weighted by molar-refractivity contribution is 14.0. The van der Waals surface area contributed by atoms with E-state index in [2.05, 4.69) is 58.0 Å². The van der Waals surface area contributed by atoms with Crippen molar-refractivity contribution in [2.24, 2.45) is 16.8 Å². The molecular weight excluding hydrogens is 487 g/mol. The SMILES string of the molecule is CCN1CCN(CC(C)CNC(=NC)NCC(C(C)C)N2CCCCCC2)CC1.I. The van der Waals surface area contributed by atoms with Crippen molar-refractivity contribution in [3.05, 3.63) is 0 Å². The minimum Gasteiger partial charge on any atom is -0.356 e. The van der Waals surface area contributed by atoms with Gasteiger partial charge in [-0.2, -0.15) is 0 Å². The first-order chi connectivity index (χ1) is 14.0. The van der Waals surface area contributed by atoms with Crippen molar-refractivity contribution in [1.29, 1.82) is 0 Å². The average molecular weight is 537 g/mol. The topological polar surface area (TPSA) is 46.1 Å². The fraction of sp³-hybridized carbons (Fsp3) is 0.957. The number of likely N-dealkylation sites (N-methyl/N-ethyl adjacent to an activating group) is 1. The lowest BCUT2D eigenvalue weighted by molar-refractivity contribution is 0.124. The number of guanidine groups is 1. The number of aliphatic imine (C=N–C) groups is 1. The summed E-state index contributed by atoms with van der Waals surface area (Å²) in [5.41, 5.74) is 0. The molecule has 0 saturated carbocycles. The molecule has 2 N–H and O–H groups in total. The maximum Gasteiger partial charge on any atom is 0.191 e. The van der Waals surface area contributed by atoms with E-state index in [-0.39, 0.29) is 24.0 Å². The molecule has 2 heterocycles. The quantitative estimate of drug-likeness (QED) is 0.270. The molecule has 2 saturated heterocycles. The second-order valence-corrected chi connectivity index (χ2v) is 9.44. The van der Waals surface area contributed by atoms with E-state index < -0.39 is 0 Å². The van der Waals surface area contributed by atoms with E-state index >= 15 is 0 Å². The van der Waals surface area contributed by atoms with Gasteiger partial charge in [0.1, 0.15) is 0 Å². The molecule has 6 nitrogen and oxygen atoms in total. The Balaban J connectivity index is 0.00000450. The Morgan fingerprint density at radius 1 is 0.833 bits per heavy atom. The van der Waals surface area contributed by atoms with Crippen LogP contribution in [0.15, 0.2) is 4.99 Å². The van der Waals surface area contributed by atoms with Crippen LogP contribution in [0.4, 0.5) is 0 Å². The first kappa shape index (κ1) is 27.9. The molecule has 0 bridgehead atoms. The van der Waals surface area contributed by atoms with Gasteiger partial charge in [-0.1, -0.05) is 40.5 Å². The molecular formula is C23H49IN6. The molecule has 2 unspecified atom stereocenters. The smallest absolute Gasteiger partial charge is 0.191 e. The molecule has 0 spiro atoms. The van der Waals surface area contributed by atoms with Gasteiger partial charge in [0, 0.05) is 58.9 Å². The Morgan fingerprint density at radius 2 is 1.40 bits per heavy atom. The van der Waals surface area contributed by atoms with Crippen LogP contribution < -0.4 is 10.6 Å². The van der Waals surface area contributed by atoms with Gasteiger partial charge in [0.15, 0.2) is 5.96 Å². The van der Waals surface area contributed by atoms with Crippen LogP contribution in [0.5, 0.6) is 0 Å². The van der Waals surface area contributed by atoms with Crippen LogP contribution in [0.3, 0.4) is 0 Å². The number of nitrogens with one attached hydrogen (secondary N) is 2. The van der Waals surface area contributed by atoms with Crippen molar-refractivity contribution in [3.63, 3.8) is 0 Å². The Morgan fingerprint density at radius 3 is 1.93 bits per heavy atom. The molecule has 7 heteroatoms. The normalized spacial score (nSPS) is 22.3. The van der Waals surface area contributed by atoms with Crippen LogP contribution in [0.1, 0.15) is 53.4 Å². The number of hydrogen-bond donors (Lipinski definition) is 2. The van der Waals surface area contributed by atoms with Gasteiger partial charge < -0.3 is 20.4 Å². The maximum atomic E-state index is 4.48. The summed E-state index contributed by atoms with van der Waals surface area (Å²) in [7, 11) is 1.89. The van der Waals surface area contributed by atoms with Crippen molar-refractivity contribution >= 4 is 29.9 Å². The monoisotopic (exact) mass is 536 g/mol. The minimum absolute atomic E-state index is 0. The van der Waals surface area contributed by atoms with Gasteiger partial charge in [-0.25, -0.2) is 0 Å². The standard InChI is InChI=1S/C23H48N6.HI/c1-6-27-13-15-28(16-14-27)19-21(4)17-25-23(24-5)26-18-22(20(2)3)29-11-9-7-8-10-12-29;/h20-22H,6-19H2,1-5H3,(H2,24,25,26);1H. The number of likely N-dealkylation sites (tertiary alicyclic amines) is 1. The highest BCUT2D eigenvalue weighted by atomic mass is 127. The number of halogens is 1. The highest BCUT2D eigenvalue weighted by Crippen LogP contribution is 2.17. The van der Waals surface area contributed by atoms with Crippen LogP contribution in [0, 0.1) is 11.8 Å². The lowest BCUT2D eigenvalue weighted by Gasteiger charge is -2.35. The Labute approximate surface area is 203 Å². The summed E-state index contributed by atoms with van der Waals surface area (Å²) in [6, 6.07) is 0.582. The summed E-state index contributed by atoms with van der Waals surface area (Å²) in [6.07, 6.45) is 5.48. The number of piperazine rings is 1. The van der Waals surface area contributed by atoms with Crippen molar-refractivity contribution in [2.75, 3.05) is 72.5 Å². The van der Waals surface area contributed by atoms with Crippen LogP contribution in [-0.4, -0.2) is 99.2 Å². The highest BCUT2D eigenvalue weighted by Gasteiger charge is 2.23. The maximum absolute atomic E-state index is 4.48. The van der Waals surface area contributed by atoms with Gasteiger partial charge in [0.2, 0.25) is 0 Å². The van der Waals surface area contributed by atoms with Gasteiger partial charge in [0.05, 0.1) is 0 Å². The first-order valence-electron chi connectivity index (χ1n) is 12.2. The molecule has 2 aliphatic rings. The number of rotatable bonds is 9. The molecule has 2 fully saturated rings. The number of hydrogen-bond acceptors (Lipinski definition) is 4. The van der Waals surface area contributed by atoms with Crippen molar-refractivity contribution in [1.82, 2.24) is 25.3 Å². The second kappa shape index (κ2) is 15.6. The van der Waals surface area contributed by atoms with Crippen LogP contribution in [0.2, 0.25) is 0 Å². The van der Waals surface area contributed by atoms with Gasteiger partial charge in [-0.15, -0.1) is 24.0 Å². The molecule has 178 valence electrons. The van der Waals surface area contributed by atoms with E-state index in [4.69, 9.17) is 0 Å². The average Bonchev–Trinajstić information content (AvgIpc) is 3.00. The molecule has 2 rings (SSSR count). The number of nitrogens with zero attached hydrogens (tertiary/aromatic N) is 4. The summed E-state index contributed by atoms with van der Waals surface area (Å²) in [6.45, 7) is 21.0. The predicted molar refractivity (Wildman–Crippen MR) is 141 cm³/mol. The lowest BCUT2D eigenvalue weighted by Crippen LogP contribution is -2.51. The van der Waals surface area contributed by atoms with Crippen molar-refractivity contribution in [2.45, 2.75) is 59.4 Å². The molecule has 0 aromatic rings. The predicted octanol–water partition coefficient (Wildman–Crippen LogP) is 2.94. The third-order valence-electron chi connectivity index (χ3n) is 6.68. The van der Waals surface area contributed by atoms with Crippen molar-refractivity contribution < 1.29 is 0 Å². The molecule has 2 aliphatic heterocycles. The molecule has 0 amide bonds. The summed E-state index contributed by atoms with van der Waals surface area (Å²) < 4.78 is 0. The molecule has 2 atom stereocenters. The summed E-state index contributed by atoms with van der Waals surface area (Å²) >= 11 is 0. The third kappa shape index (κ3) is 10.0. The first-order valence-corrected chi connectivity index (χ1v) is 12.2. The fourth-order valence-electron chi connectivity index (χ4n) is 4.70. The zero-order valence-electron chi connectivity index (χ0n) is 20.3. The molecule has 0 aromatic carbocycles. The molecule has 0 aromatic heterocycles. The summed E-state index contributed by atoms with van der Waals surface area (Å²) in [5, 5.41) is 7.19. The van der Waals surface area contributed by atoms with Gasteiger partial charge in [-0.3, -0.25) is 9.89 Å². The Bertz CT molecular complexity index is 457. The van der Waals surface area contributed by atoms with Gasteiger partial charge in [0.25, 0.3) is 0 Å². The zero-order valence-corrected chi connectivity index (χ0v) is 22.7. The van der Waals surface area contributed by atoms with E-state index in [0.717, 1.165) is 19.0 Å². The zero-order chi connectivity index (χ0) is 21.1. The summed E-state index contributed by atoms with van der Waals surface area (Å²) in [5.74, 6) is 2.22. The largest absolute Gasteiger partial charge is 0.356 e. The van der Waals surface area contributed by atoms with E-state index in [0.29, 0.717) is 17.9 Å². The Hall–Kier alpha value is -0.120. The third-order valence-corrected chi connectivity index (χ3v) is 6.68.